The number of para-hydroxylation sites is 2. The number of hydrogen-bond acceptors (Lipinski definition) is 4. The van der Waals surface area contributed by atoms with Gasteiger partial charge in [0.25, 0.3) is 11.8 Å². The van der Waals surface area contributed by atoms with Crippen LogP contribution in [0.4, 0.5) is 5.69 Å². The van der Waals surface area contributed by atoms with Crippen LogP contribution in [-0.4, -0.2) is 41.9 Å². The van der Waals surface area contributed by atoms with Gasteiger partial charge in [0, 0.05) is 40.9 Å². The van der Waals surface area contributed by atoms with E-state index in [0.29, 0.717) is 17.2 Å². The maximum absolute atomic E-state index is 12.9. The first-order chi connectivity index (χ1) is 14.5. The summed E-state index contributed by atoms with van der Waals surface area (Å²) in [4.78, 5) is 27.8. The Labute approximate surface area is 175 Å². The molecular formula is C24H24N4O2. The van der Waals surface area contributed by atoms with E-state index >= 15 is 0 Å². The monoisotopic (exact) mass is 400 g/mol. The summed E-state index contributed by atoms with van der Waals surface area (Å²) < 4.78 is 2.32. The Morgan fingerprint density at radius 1 is 1.03 bits per heavy atom. The number of amides is 2. The van der Waals surface area contributed by atoms with E-state index in [2.05, 4.69) is 40.3 Å². The van der Waals surface area contributed by atoms with Gasteiger partial charge in [-0.2, -0.15) is 0 Å². The number of nitrogens with one attached hydrogen (secondary N) is 2. The minimum Gasteiger partial charge on any atom is -0.350 e. The van der Waals surface area contributed by atoms with Crippen LogP contribution in [-0.2, 0) is 22.6 Å². The normalized spacial score (nSPS) is 18.4. The number of hydrogen-bond donors (Lipinski definition) is 2. The number of carbonyl (C=O) groups is 2. The van der Waals surface area contributed by atoms with Crippen molar-refractivity contribution in [3.63, 3.8) is 0 Å². The van der Waals surface area contributed by atoms with Crippen molar-refractivity contribution in [3.05, 3.63) is 71.6 Å². The average Bonchev–Trinajstić information content (AvgIpc) is 3.33. The van der Waals surface area contributed by atoms with Crippen molar-refractivity contribution in [3.8, 4) is 0 Å². The van der Waals surface area contributed by atoms with Crippen molar-refractivity contribution >= 4 is 34.0 Å². The molecule has 2 aliphatic rings. The van der Waals surface area contributed by atoms with E-state index in [1.807, 2.05) is 48.5 Å². The van der Waals surface area contributed by atoms with Gasteiger partial charge in [-0.15, -0.1) is 0 Å². The number of aromatic nitrogens is 1. The highest BCUT2D eigenvalue weighted by Crippen LogP contribution is 2.40. The summed E-state index contributed by atoms with van der Waals surface area (Å²) >= 11 is 0. The fourth-order valence-corrected chi connectivity index (χ4v) is 4.77. The molecule has 0 bridgehead atoms. The van der Waals surface area contributed by atoms with Gasteiger partial charge >= 0.3 is 0 Å². The first-order valence-corrected chi connectivity index (χ1v) is 10.2. The number of imide groups is 1. The van der Waals surface area contributed by atoms with E-state index in [4.69, 9.17) is 0 Å². The molecule has 2 amide bonds. The van der Waals surface area contributed by atoms with Crippen LogP contribution in [0.25, 0.3) is 16.5 Å². The second kappa shape index (κ2) is 7.15. The summed E-state index contributed by atoms with van der Waals surface area (Å²) in [6, 6.07) is 17.6. The lowest BCUT2D eigenvalue weighted by Gasteiger charge is -2.16. The van der Waals surface area contributed by atoms with Crippen LogP contribution in [0.3, 0.4) is 0 Å². The van der Waals surface area contributed by atoms with Crippen molar-refractivity contribution in [2.45, 2.75) is 13.0 Å². The van der Waals surface area contributed by atoms with Crippen molar-refractivity contribution in [1.29, 1.82) is 0 Å². The molecule has 1 atom stereocenters. The van der Waals surface area contributed by atoms with Crippen molar-refractivity contribution in [2.75, 3.05) is 26.0 Å². The molecule has 2 aliphatic heterocycles. The van der Waals surface area contributed by atoms with Gasteiger partial charge in [-0.25, -0.2) is 0 Å². The highest BCUT2D eigenvalue weighted by atomic mass is 16.2. The zero-order chi connectivity index (χ0) is 20.8. The quantitative estimate of drug-likeness (QED) is 0.647. The number of fused-ring (bicyclic) bond motifs is 3. The Morgan fingerprint density at radius 3 is 2.53 bits per heavy atom. The maximum atomic E-state index is 12.9. The molecule has 0 saturated carbocycles. The molecule has 3 heterocycles. The van der Waals surface area contributed by atoms with Gasteiger partial charge in [-0.05, 0) is 44.6 Å². The molecule has 0 fully saturated rings. The van der Waals surface area contributed by atoms with E-state index < -0.39 is 0 Å². The third-order valence-corrected chi connectivity index (χ3v) is 5.85. The van der Waals surface area contributed by atoms with E-state index in [1.54, 1.807) is 0 Å². The molecule has 6 heteroatoms. The smallest absolute Gasteiger partial charge is 0.275 e. The number of carbonyl (C=O) groups excluding carboxylic acids is 2. The Morgan fingerprint density at radius 2 is 1.77 bits per heavy atom. The van der Waals surface area contributed by atoms with E-state index in [-0.39, 0.29) is 11.8 Å². The van der Waals surface area contributed by atoms with Crippen LogP contribution in [0.5, 0.6) is 0 Å². The maximum Gasteiger partial charge on any atom is 0.275 e. The highest BCUT2D eigenvalue weighted by Gasteiger charge is 2.37. The summed E-state index contributed by atoms with van der Waals surface area (Å²) in [6.45, 7) is 1.90. The Balaban J connectivity index is 1.68. The number of nitrogens with zero attached hydrogens (tertiary/aromatic N) is 2. The number of rotatable bonds is 5. The van der Waals surface area contributed by atoms with Gasteiger partial charge in [0.05, 0.1) is 5.57 Å². The fraction of sp³-hybridized carbons (Fsp3) is 0.250. The third kappa shape index (κ3) is 3.00. The summed E-state index contributed by atoms with van der Waals surface area (Å²) in [5, 5.41) is 6.70. The van der Waals surface area contributed by atoms with Crippen molar-refractivity contribution < 1.29 is 9.59 Å². The summed E-state index contributed by atoms with van der Waals surface area (Å²) in [7, 11) is 4.17. The van der Waals surface area contributed by atoms with Crippen LogP contribution < -0.4 is 10.6 Å². The lowest BCUT2D eigenvalue weighted by molar-refractivity contribution is -0.123. The highest BCUT2D eigenvalue weighted by molar-refractivity contribution is 6.38. The lowest BCUT2D eigenvalue weighted by Crippen LogP contribution is -2.24. The molecule has 30 heavy (non-hydrogen) atoms. The predicted octanol–water partition coefficient (Wildman–Crippen LogP) is 2.85. The topological polar surface area (TPSA) is 66.4 Å². The van der Waals surface area contributed by atoms with E-state index in [1.165, 1.54) is 0 Å². The first kappa shape index (κ1) is 18.6. The molecule has 2 aromatic carbocycles. The summed E-state index contributed by atoms with van der Waals surface area (Å²) in [5.41, 5.74) is 4.67. The summed E-state index contributed by atoms with van der Waals surface area (Å²) in [5.74, 6) is -0.246. The molecule has 0 aliphatic carbocycles. The van der Waals surface area contributed by atoms with Gasteiger partial charge in [0.1, 0.15) is 5.70 Å². The molecule has 152 valence electrons. The van der Waals surface area contributed by atoms with Gasteiger partial charge in [-0.1, -0.05) is 36.4 Å². The van der Waals surface area contributed by atoms with Crippen molar-refractivity contribution in [1.82, 2.24) is 14.8 Å². The molecule has 0 saturated heterocycles. The zero-order valence-corrected chi connectivity index (χ0v) is 17.1. The largest absolute Gasteiger partial charge is 0.350 e. The predicted molar refractivity (Wildman–Crippen MR) is 118 cm³/mol. The SMILES string of the molecule is CN(C)C[C@@H]1Cc2c(C3=C(Nc4ccccc4)C(=O)NC3=O)c3ccccc3n2C1. The molecule has 3 aromatic rings. The van der Waals surface area contributed by atoms with Gasteiger partial charge in [-0.3, -0.25) is 14.9 Å². The van der Waals surface area contributed by atoms with Crippen LogP contribution in [0.1, 0.15) is 11.3 Å². The van der Waals surface area contributed by atoms with Gasteiger partial charge < -0.3 is 14.8 Å². The molecule has 0 unspecified atom stereocenters. The minimum absolute atomic E-state index is 0.321. The first-order valence-electron chi connectivity index (χ1n) is 10.2. The summed E-state index contributed by atoms with van der Waals surface area (Å²) in [6.07, 6.45) is 0.881. The molecule has 5 rings (SSSR count). The number of benzene rings is 2. The van der Waals surface area contributed by atoms with Crippen LogP contribution in [0.15, 0.2) is 60.3 Å². The van der Waals surface area contributed by atoms with Crippen LogP contribution in [0.2, 0.25) is 0 Å². The lowest BCUT2D eigenvalue weighted by atomic mass is 9.96. The molecule has 6 nitrogen and oxygen atoms in total. The zero-order valence-electron chi connectivity index (χ0n) is 17.1. The van der Waals surface area contributed by atoms with Crippen LogP contribution in [0, 0.1) is 5.92 Å². The minimum atomic E-state index is -0.384. The second-order valence-corrected chi connectivity index (χ2v) is 8.31. The molecule has 0 radical (unpaired) electrons. The fourth-order valence-electron chi connectivity index (χ4n) is 4.77. The van der Waals surface area contributed by atoms with Gasteiger partial charge in [0.2, 0.25) is 0 Å². The molecular weight excluding hydrogens is 376 g/mol. The van der Waals surface area contributed by atoms with Crippen molar-refractivity contribution in [2.24, 2.45) is 5.92 Å². The van der Waals surface area contributed by atoms with E-state index in [0.717, 1.165) is 47.4 Å². The molecule has 0 spiro atoms. The van der Waals surface area contributed by atoms with Gasteiger partial charge in [0.15, 0.2) is 0 Å². The van der Waals surface area contributed by atoms with E-state index in [9.17, 15) is 9.59 Å². The molecule has 2 N–H and O–H groups in total. The molecule has 1 aromatic heterocycles. The second-order valence-electron chi connectivity index (χ2n) is 8.31. The Kier molecular flexibility index (Phi) is 4.44. The Bertz CT molecular complexity index is 1190. The van der Waals surface area contributed by atoms with Crippen LogP contribution >= 0.6 is 0 Å². The third-order valence-electron chi connectivity index (χ3n) is 5.85. The average molecular weight is 400 g/mol. The number of anilines is 1. The Hall–Kier alpha value is -3.38. The standard InChI is InChI=1S/C24H24N4O2/c1-27(2)13-15-12-19-20(17-10-6-7-11-18(17)28(19)14-15)21-22(24(30)26-23(21)29)25-16-8-4-3-5-9-16/h3-11,15H,12-14H2,1-2H3,(H2,25,26,29,30)/t15-/m0/s1.